The molecule has 0 spiro atoms. The molecule has 4 nitrogen and oxygen atoms in total. The van der Waals surface area contributed by atoms with Crippen LogP contribution in [0.3, 0.4) is 0 Å². The highest BCUT2D eigenvalue weighted by atomic mass is 16.5. The smallest absolute Gasteiger partial charge is 0.344 e. The van der Waals surface area contributed by atoms with E-state index >= 15 is 0 Å². The van der Waals surface area contributed by atoms with Crippen molar-refractivity contribution in [2.24, 2.45) is 0 Å². The summed E-state index contributed by atoms with van der Waals surface area (Å²) >= 11 is 0. The topological polar surface area (TPSA) is 61.5 Å². The molecule has 2 aromatic rings. The Hall–Kier alpha value is -2.49. The summed E-state index contributed by atoms with van der Waals surface area (Å²) in [6, 6.07) is 14.9. The van der Waals surface area contributed by atoms with Gasteiger partial charge in [-0.1, -0.05) is 36.4 Å². The number of hydrogen-bond acceptors (Lipinski definition) is 4. The Balaban J connectivity index is 1.99. The lowest BCUT2D eigenvalue weighted by molar-refractivity contribution is 0.0507. The van der Waals surface area contributed by atoms with E-state index in [0.29, 0.717) is 24.5 Å². The van der Waals surface area contributed by atoms with Gasteiger partial charge < -0.3 is 15.2 Å². The fraction of sp³-hybridized carbons (Fsp3) is 0.188. The van der Waals surface area contributed by atoms with Crippen LogP contribution in [-0.2, 0) is 11.2 Å². The van der Waals surface area contributed by atoms with Crippen molar-refractivity contribution in [3.05, 3.63) is 59.7 Å². The van der Waals surface area contributed by atoms with Gasteiger partial charge >= 0.3 is 5.97 Å². The minimum Gasteiger partial charge on any atom is -0.496 e. The largest absolute Gasteiger partial charge is 0.496 e. The molecule has 4 heteroatoms. The summed E-state index contributed by atoms with van der Waals surface area (Å²) < 4.78 is 10.4. The van der Waals surface area contributed by atoms with Gasteiger partial charge in [-0.15, -0.1) is 0 Å². The zero-order valence-corrected chi connectivity index (χ0v) is 11.3. The van der Waals surface area contributed by atoms with Gasteiger partial charge in [-0.25, -0.2) is 4.79 Å². The molecule has 0 fully saturated rings. The average molecular weight is 271 g/mol. The SMILES string of the molecule is COc1cccc(N)c1C(=O)OCCc1ccccc1. The number of carbonyl (C=O) groups excluding carboxylic acids is 1. The Labute approximate surface area is 118 Å². The van der Waals surface area contributed by atoms with Crippen molar-refractivity contribution in [2.45, 2.75) is 6.42 Å². The lowest BCUT2D eigenvalue weighted by atomic mass is 10.1. The number of rotatable bonds is 5. The Morgan fingerprint density at radius 2 is 1.85 bits per heavy atom. The van der Waals surface area contributed by atoms with E-state index in [9.17, 15) is 4.79 Å². The third-order valence-electron chi connectivity index (χ3n) is 2.95. The van der Waals surface area contributed by atoms with Gasteiger partial charge in [0.25, 0.3) is 0 Å². The molecule has 0 amide bonds. The highest BCUT2D eigenvalue weighted by molar-refractivity contribution is 5.98. The van der Waals surface area contributed by atoms with Crippen LogP contribution in [0.4, 0.5) is 5.69 Å². The van der Waals surface area contributed by atoms with Gasteiger partial charge in [-0.05, 0) is 17.7 Å². The first kappa shape index (κ1) is 13.9. The normalized spacial score (nSPS) is 10.1. The molecule has 20 heavy (non-hydrogen) atoms. The molecule has 0 heterocycles. The van der Waals surface area contributed by atoms with Gasteiger partial charge in [0, 0.05) is 12.1 Å². The van der Waals surface area contributed by atoms with Gasteiger partial charge in [-0.2, -0.15) is 0 Å². The number of esters is 1. The minimum atomic E-state index is -0.462. The van der Waals surface area contributed by atoms with Crippen molar-refractivity contribution < 1.29 is 14.3 Å². The first-order chi connectivity index (χ1) is 9.72. The Morgan fingerprint density at radius 1 is 1.10 bits per heavy atom. The molecular weight excluding hydrogens is 254 g/mol. The van der Waals surface area contributed by atoms with Gasteiger partial charge in [0.05, 0.1) is 13.7 Å². The summed E-state index contributed by atoms with van der Waals surface area (Å²) in [5.74, 6) is -0.0365. The number of nitrogens with two attached hydrogens (primary N) is 1. The second kappa shape index (κ2) is 6.61. The molecule has 104 valence electrons. The molecule has 0 aromatic heterocycles. The van der Waals surface area contributed by atoms with E-state index in [1.54, 1.807) is 18.2 Å². The second-order valence-corrected chi connectivity index (χ2v) is 4.30. The zero-order valence-electron chi connectivity index (χ0n) is 11.3. The molecule has 0 aliphatic heterocycles. The molecule has 0 bridgehead atoms. The third kappa shape index (κ3) is 3.29. The standard InChI is InChI=1S/C16H17NO3/c1-19-14-9-5-8-13(17)15(14)16(18)20-11-10-12-6-3-2-4-7-12/h2-9H,10-11,17H2,1H3. The lowest BCUT2D eigenvalue weighted by Gasteiger charge is -2.10. The molecule has 2 N–H and O–H groups in total. The third-order valence-corrected chi connectivity index (χ3v) is 2.95. The monoisotopic (exact) mass is 271 g/mol. The molecule has 2 aromatic carbocycles. The summed E-state index contributed by atoms with van der Waals surface area (Å²) in [6.45, 7) is 0.306. The van der Waals surface area contributed by atoms with Crippen LogP contribution in [0.25, 0.3) is 0 Å². The Morgan fingerprint density at radius 3 is 2.55 bits per heavy atom. The maximum atomic E-state index is 12.1. The summed E-state index contributed by atoms with van der Waals surface area (Å²) in [5.41, 5.74) is 7.55. The van der Waals surface area contributed by atoms with Crippen LogP contribution in [0.5, 0.6) is 5.75 Å². The quantitative estimate of drug-likeness (QED) is 0.671. The van der Waals surface area contributed by atoms with Crippen molar-refractivity contribution >= 4 is 11.7 Å². The highest BCUT2D eigenvalue weighted by Crippen LogP contribution is 2.24. The van der Waals surface area contributed by atoms with Gasteiger partial charge in [0.1, 0.15) is 11.3 Å². The maximum absolute atomic E-state index is 12.1. The van der Waals surface area contributed by atoms with E-state index in [2.05, 4.69) is 0 Å². The van der Waals surface area contributed by atoms with E-state index in [4.69, 9.17) is 15.2 Å². The molecule has 0 atom stereocenters. The van der Waals surface area contributed by atoms with Gasteiger partial charge in [-0.3, -0.25) is 0 Å². The number of methoxy groups -OCH3 is 1. The van der Waals surface area contributed by atoms with E-state index < -0.39 is 5.97 Å². The first-order valence-electron chi connectivity index (χ1n) is 6.36. The molecule has 0 aliphatic rings. The van der Waals surface area contributed by atoms with E-state index in [0.717, 1.165) is 5.56 Å². The number of benzene rings is 2. The van der Waals surface area contributed by atoms with Crippen molar-refractivity contribution in [2.75, 3.05) is 19.5 Å². The summed E-state index contributed by atoms with van der Waals surface area (Å²) in [4.78, 5) is 12.1. The minimum absolute atomic E-state index is 0.281. The molecule has 0 aliphatic carbocycles. The van der Waals surface area contributed by atoms with E-state index in [1.807, 2.05) is 30.3 Å². The molecule has 0 unspecified atom stereocenters. The van der Waals surface area contributed by atoms with Crippen LogP contribution in [0.2, 0.25) is 0 Å². The van der Waals surface area contributed by atoms with Crippen LogP contribution in [0, 0.1) is 0 Å². The van der Waals surface area contributed by atoms with Crippen LogP contribution < -0.4 is 10.5 Å². The summed E-state index contributed by atoms with van der Waals surface area (Å²) in [5, 5.41) is 0. The van der Waals surface area contributed by atoms with Crippen molar-refractivity contribution in [3.8, 4) is 5.75 Å². The lowest BCUT2D eigenvalue weighted by Crippen LogP contribution is -2.12. The fourth-order valence-corrected chi connectivity index (χ4v) is 1.92. The molecule has 0 radical (unpaired) electrons. The van der Waals surface area contributed by atoms with E-state index in [1.165, 1.54) is 7.11 Å². The van der Waals surface area contributed by atoms with Gasteiger partial charge in [0.2, 0.25) is 0 Å². The Kier molecular flexibility index (Phi) is 4.60. The van der Waals surface area contributed by atoms with Gasteiger partial charge in [0.15, 0.2) is 0 Å². The first-order valence-corrected chi connectivity index (χ1v) is 6.36. The predicted octanol–water partition coefficient (Wildman–Crippen LogP) is 2.68. The van der Waals surface area contributed by atoms with Crippen molar-refractivity contribution in [1.29, 1.82) is 0 Å². The number of ether oxygens (including phenoxy) is 2. The Bertz CT molecular complexity index is 582. The molecule has 2 rings (SSSR count). The van der Waals surface area contributed by atoms with Crippen LogP contribution in [-0.4, -0.2) is 19.7 Å². The number of anilines is 1. The van der Waals surface area contributed by atoms with Crippen LogP contribution in [0.15, 0.2) is 48.5 Å². The predicted molar refractivity (Wildman–Crippen MR) is 77.8 cm³/mol. The second-order valence-electron chi connectivity index (χ2n) is 4.30. The zero-order chi connectivity index (χ0) is 14.4. The van der Waals surface area contributed by atoms with Crippen molar-refractivity contribution in [1.82, 2.24) is 0 Å². The summed E-state index contributed by atoms with van der Waals surface area (Å²) in [7, 11) is 1.50. The highest BCUT2D eigenvalue weighted by Gasteiger charge is 2.16. The van der Waals surface area contributed by atoms with Crippen LogP contribution >= 0.6 is 0 Å². The molecule has 0 saturated carbocycles. The number of nitrogen functional groups attached to an aromatic ring is 1. The van der Waals surface area contributed by atoms with Crippen molar-refractivity contribution in [3.63, 3.8) is 0 Å². The molecule has 0 saturated heterocycles. The summed E-state index contributed by atoms with van der Waals surface area (Å²) in [6.07, 6.45) is 0.668. The molecular formula is C16H17NO3. The maximum Gasteiger partial charge on any atom is 0.344 e. The average Bonchev–Trinajstić information content (AvgIpc) is 2.47. The van der Waals surface area contributed by atoms with E-state index in [-0.39, 0.29) is 5.56 Å². The fourth-order valence-electron chi connectivity index (χ4n) is 1.92. The number of hydrogen-bond donors (Lipinski definition) is 1. The number of carbonyl (C=O) groups is 1. The van der Waals surface area contributed by atoms with Crippen LogP contribution in [0.1, 0.15) is 15.9 Å².